The molecule has 4 aromatic carbocycles. The van der Waals surface area contributed by atoms with E-state index in [4.69, 9.17) is 39.5 Å². The van der Waals surface area contributed by atoms with Crippen LogP contribution in [0.4, 0.5) is 17.1 Å². The van der Waals surface area contributed by atoms with E-state index in [0.29, 0.717) is 26.2 Å². The molecule has 13 heteroatoms. The van der Waals surface area contributed by atoms with E-state index in [9.17, 15) is 18.0 Å². The van der Waals surface area contributed by atoms with Gasteiger partial charge < -0.3 is 15.4 Å². The molecule has 0 aliphatic heterocycles. The smallest absolute Gasteiger partial charge is 0.265 e. The number of carbonyl (C=O) groups is 2. The highest BCUT2D eigenvalue weighted by molar-refractivity contribution is 8.00. The number of methoxy groups -OCH3 is 1. The Kier molecular flexibility index (Phi) is 10.1. The van der Waals surface area contributed by atoms with Crippen LogP contribution in [0, 0.1) is 0 Å². The van der Waals surface area contributed by atoms with E-state index in [2.05, 4.69) is 15.4 Å². The summed E-state index contributed by atoms with van der Waals surface area (Å²) in [7, 11) is -2.80. The average Bonchev–Trinajstić information content (AvgIpc) is 2.92. The normalized spacial score (nSPS) is 11.0. The predicted molar refractivity (Wildman–Crippen MR) is 165 cm³/mol. The van der Waals surface area contributed by atoms with E-state index >= 15 is 0 Å². The molecule has 0 saturated carbocycles. The van der Waals surface area contributed by atoms with Crippen molar-refractivity contribution in [3.63, 3.8) is 0 Å². The Hall–Kier alpha value is -3.41. The van der Waals surface area contributed by atoms with Gasteiger partial charge >= 0.3 is 0 Å². The first kappa shape index (κ1) is 30.5. The highest BCUT2D eigenvalue weighted by Gasteiger charge is 2.22. The van der Waals surface area contributed by atoms with Gasteiger partial charge in [0.05, 0.1) is 29.1 Å². The fourth-order valence-corrected chi connectivity index (χ4v) is 6.54. The number of hydrogen-bond acceptors (Lipinski definition) is 6. The predicted octanol–water partition coefficient (Wildman–Crippen LogP) is 7.44. The molecule has 0 aliphatic rings. The SMILES string of the molecule is COc1ccc(NC(=O)c2ccccc2SCC(=O)Nc2cc(Cl)cc(Cl)c2)cc1S(=O)(=O)Nc1ccccc1Cl. The third-order valence-corrected chi connectivity index (χ3v) is 8.69. The van der Waals surface area contributed by atoms with Gasteiger partial charge in [-0.05, 0) is 60.7 Å². The van der Waals surface area contributed by atoms with E-state index in [1.54, 1.807) is 60.7 Å². The minimum Gasteiger partial charge on any atom is -0.495 e. The molecule has 41 heavy (non-hydrogen) atoms. The number of carbonyl (C=O) groups excluding carboxylic acids is 2. The number of hydrogen-bond donors (Lipinski definition) is 3. The summed E-state index contributed by atoms with van der Waals surface area (Å²) in [5.74, 6) is -0.736. The van der Waals surface area contributed by atoms with Crippen molar-refractivity contribution in [2.24, 2.45) is 0 Å². The first-order chi connectivity index (χ1) is 19.6. The van der Waals surface area contributed by atoms with Crippen LogP contribution in [0.1, 0.15) is 10.4 Å². The third kappa shape index (κ3) is 8.08. The van der Waals surface area contributed by atoms with Crippen LogP contribution in [0.2, 0.25) is 15.1 Å². The largest absolute Gasteiger partial charge is 0.495 e. The van der Waals surface area contributed by atoms with Crippen LogP contribution >= 0.6 is 46.6 Å². The number of ether oxygens (including phenoxy) is 1. The van der Waals surface area contributed by atoms with Gasteiger partial charge in [0.15, 0.2) is 0 Å². The Morgan fingerprint density at radius 2 is 1.51 bits per heavy atom. The van der Waals surface area contributed by atoms with Gasteiger partial charge in [-0.2, -0.15) is 0 Å². The zero-order chi connectivity index (χ0) is 29.6. The number of amides is 2. The number of benzene rings is 4. The highest BCUT2D eigenvalue weighted by atomic mass is 35.5. The van der Waals surface area contributed by atoms with Gasteiger partial charge in [0.1, 0.15) is 10.6 Å². The molecule has 0 bridgehead atoms. The summed E-state index contributed by atoms with van der Waals surface area (Å²) in [6, 6.07) is 22.1. The molecule has 0 aliphatic carbocycles. The lowest BCUT2D eigenvalue weighted by molar-refractivity contribution is -0.113. The molecule has 0 aromatic heterocycles. The maximum Gasteiger partial charge on any atom is 0.265 e. The van der Waals surface area contributed by atoms with Gasteiger partial charge in [-0.3, -0.25) is 14.3 Å². The van der Waals surface area contributed by atoms with E-state index in [-0.39, 0.29) is 38.7 Å². The van der Waals surface area contributed by atoms with Crippen molar-refractivity contribution in [2.45, 2.75) is 9.79 Å². The van der Waals surface area contributed by atoms with E-state index in [1.807, 2.05) is 0 Å². The Morgan fingerprint density at radius 1 is 0.829 bits per heavy atom. The van der Waals surface area contributed by atoms with Crippen LogP contribution in [0.3, 0.4) is 0 Å². The lowest BCUT2D eigenvalue weighted by atomic mass is 10.2. The molecule has 0 atom stereocenters. The van der Waals surface area contributed by atoms with Gasteiger partial charge in [0, 0.05) is 26.3 Å². The average molecular weight is 651 g/mol. The van der Waals surface area contributed by atoms with Crippen LogP contribution in [-0.2, 0) is 14.8 Å². The lowest BCUT2D eigenvalue weighted by Gasteiger charge is -2.15. The maximum atomic E-state index is 13.2. The van der Waals surface area contributed by atoms with Crippen molar-refractivity contribution >= 4 is 85.5 Å². The molecule has 0 unspecified atom stereocenters. The molecule has 8 nitrogen and oxygen atoms in total. The number of sulfonamides is 1. The van der Waals surface area contributed by atoms with Crippen LogP contribution in [0.5, 0.6) is 5.75 Å². The summed E-state index contributed by atoms with van der Waals surface area (Å²) in [5.41, 5.74) is 1.16. The van der Waals surface area contributed by atoms with Crippen LogP contribution < -0.4 is 20.1 Å². The Morgan fingerprint density at radius 3 is 2.22 bits per heavy atom. The van der Waals surface area contributed by atoms with Crippen molar-refractivity contribution in [2.75, 3.05) is 28.2 Å². The number of rotatable bonds is 10. The van der Waals surface area contributed by atoms with Crippen molar-refractivity contribution in [3.8, 4) is 5.75 Å². The molecule has 3 N–H and O–H groups in total. The van der Waals surface area contributed by atoms with Gasteiger partial charge in [-0.15, -0.1) is 11.8 Å². The first-order valence-corrected chi connectivity index (χ1v) is 15.4. The molecule has 4 rings (SSSR count). The molecular formula is C28H22Cl3N3O5S2. The van der Waals surface area contributed by atoms with Crippen LogP contribution in [0.25, 0.3) is 0 Å². The fourth-order valence-electron chi connectivity index (χ4n) is 3.65. The zero-order valence-corrected chi connectivity index (χ0v) is 25.2. The number of anilines is 3. The molecule has 212 valence electrons. The van der Waals surface area contributed by atoms with E-state index in [1.165, 1.54) is 31.4 Å². The zero-order valence-electron chi connectivity index (χ0n) is 21.3. The van der Waals surface area contributed by atoms with Crippen molar-refractivity contribution in [1.82, 2.24) is 0 Å². The fraction of sp³-hybridized carbons (Fsp3) is 0.0714. The Bertz CT molecular complexity index is 1700. The topological polar surface area (TPSA) is 114 Å². The molecular weight excluding hydrogens is 629 g/mol. The standard InChI is InChI=1S/C28H22Cl3N3O5S2/c1-39-24-11-10-19(15-26(24)41(37,38)34-23-8-4-3-7-22(23)31)33-28(36)21-6-2-5-9-25(21)40-16-27(35)32-20-13-17(29)12-18(30)14-20/h2-15,34H,16H2,1H3,(H,32,35)(H,33,36). The second-order valence-corrected chi connectivity index (χ2v) is 12.3. The maximum absolute atomic E-state index is 13.2. The number of nitrogens with one attached hydrogen (secondary N) is 3. The van der Waals surface area contributed by atoms with Gasteiger partial charge in [-0.1, -0.05) is 59.1 Å². The minimum atomic E-state index is -4.13. The van der Waals surface area contributed by atoms with Crippen molar-refractivity contribution in [3.05, 3.63) is 106 Å². The van der Waals surface area contributed by atoms with Crippen LogP contribution in [-0.4, -0.2) is 33.1 Å². The second-order valence-electron chi connectivity index (χ2n) is 8.40. The molecule has 2 amide bonds. The first-order valence-electron chi connectivity index (χ1n) is 11.8. The quantitative estimate of drug-likeness (QED) is 0.154. The summed E-state index contributed by atoms with van der Waals surface area (Å²) in [6.07, 6.45) is 0. The molecule has 0 fully saturated rings. The molecule has 0 spiro atoms. The number of halogens is 3. The van der Waals surface area contributed by atoms with Crippen molar-refractivity contribution < 1.29 is 22.7 Å². The number of thioether (sulfide) groups is 1. The number of para-hydroxylation sites is 1. The van der Waals surface area contributed by atoms with Gasteiger partial charge in [0.25, 0.3) is 15.9 Å². The molecule has 4 aromatic rings. The molecule has 0 heterocycles. The van der Waals surface area contributed by atoms with E-state index < -0.39 is 15.9 Å². The molecule has 0 radical (unpaired) electrons. The highest BCUT2D eigenvalue weighted by Crippen LogP contribution is 2.32. The van der Waals surface area contributed by atoms with Crippen molar-refractivity contribution in [1.29, 1.82) is 0 Å². The summed E-state index contributed by atoms with van der Waals surface area (Å²) in [6.45, 7) is 0. The Balaban J connectivity index is 1.49. The van der Waals surface area contributed by atoms with E-state index in [0.717, 1.165) is 11.8 Å². The summed E-state index contributed by atoms with van der Waals surface area (Å²) < 4.78 is 34.1. The summed E-state index contributed by atoms with van der Waals surface area (Å²) in [5, 5.41) is 6.44. The van der Waals surface area contributed by atoms with Crippen LogP contribution in [0.15, 0.2) is 94.7 Å². The minimum absolute atomic E-state index is 0.00701. The van der Waals surface area contributed by atoms with Gasteiger partial charge in [0.2, 0.25) is 5.91 Å². The summed E-state index contributed by atoms with van der Waals surface area (Å²) >= 11 is 19.3. The third-order valence-electron chi connectivity index (χ3n) is 5.47. The molecule has 0 saturated heterocycles. The summed E-state index contributed by atoms with van der Waals surface area (Å²) in [4.78, 5) is 26.1. The van der Waals surface area contributed by atoms with Gasteiger partial charge in [-0.25, -0.2) is 8.42 Å². The lowest BCUT2D eigenvalue weighted by Crippen LogP contribution is -2.17. The Labute approximate surface area is 256 Å². The second kappa shape index (κ2) is 13.5. The monoisotopic (exact) mass is 649 g/mol.